The van der Waals surface area contributed by atoms with E-state index in [0.29, 0.717) is 18.1 Å². The summed E-state index contributed by atoms with van der Waals surface area (Å²) in [5, 5.41) is 0. The van der Waals surface area contributed by atoms with Gasteiger partial charge in [0, 0.05) is 0 Å². The molecule has 0 aliphatic heterocycles. The first kappa shape index (κ1) is 10.8. The Bertz CT molecular complexity index is 190. The summed E-state index contributed by atoms with van der Waals surface area (Å²) in [6.45, 7) is 8.10. The highest BCUT2D eigenvalue weighted by molar-refractivity contribution is 5.22. The van der Waals surface area contributed by atoms with Crippen molar-refractivity contribution in [3.8, 4) is 0 Å². The highest BCUT2D eigenvalue weighted by Crippen LogP contribution is 2.09. The van der Waals surface area contributed by atoms with E-state index in [0.717, 1.165) is 0 Å². The normalized spacial score (nSPS) is 12.6. The maximum atomic E-state index is 5.28. The van der Waals surface area contributed by atoms with Gasteiger partial charge in [0.1, 0.15) is 0 Å². The van der Waals surface area contributed by atoms with E-state index < -0.39 is 0 Å². The Labute approximate surface area is 74.2 Å². The Morgan fingerprint density at radius 2 is 2.08 bits per heavy atom. The van der Waals surface area contributed by atoms with E-state index in [1.165, 1.54) is 0 Å². The minimum atomic E-state index is 0.617. The monoisotopic (exact) mass is 168 g/mol. The van der Waals surface area contributed by atoms with Crippen LogP contribution in [0.25, 0.3) is 0 Å². The van der Waals surface area contributed by atoms with Gasteiger partial charge in [-0.1, -0.05) is 12.7 Å². The van der Waals surface area contributed by atoms with Crippen LogP contribution in [0.3, 0.4) is 0 Å². The topological polar surface area (TPSA) is 18.5 Å². The third-order valence-electron chi connectivity index (χ3n) is 1.27. The van der Waals surface area contributed by atoms with Gasteiger partial charge in [0.2, 0.25) is 0 Å². The van der Waals surface area contributed by atoms with Crippen LogP contribution in [0.15, 0.2) is 36.3 Å². The second-order valence-corrected chi connectivity index (χ2v) is 2.07. The molecule has 0 saturated carbocycles. The third kappa shape index (κ3) is 3.28. The van der Waals surface area contributed by atoms with Gasteiger partial charge in [-0.3, -0.25) is 0 Å². The molecule has 0 saturated heterocycles. The van der Waals surface area contributed by atoms with E-state index >= 15 is 0 Å². The number of allylic oxidation sites excluding steroid dienone is 3. The zero-order valence-corrected chi connectivity index (χ0v) is 7.96. The first-order chi connectivity index (χ1) is 5.79. The molecule has 68 valence electrons. The van der Waals surface area contributed by atoms with Crippen LogP contribution in [0, 0.1) is 0 Å². The molecule has 2 heteroatoms. The van der Waals surface area contributed by atoms with Crippen LogP contribution in [0.2, 0.25) is 0 Å². The fraction of sp³-hybridized carbons (Fsp3) is 0.400. The molecule has 0 spiro atoms. The quantitative estimate of drug-likeness (QED) is 0.464. The van der Waals surface area contributed by atoms with Gasteiger partial charge in [0.25, 0.3) is 0 Å². The predicted molar refractivity (Wildman–Crippen MR) is 50.7 cm³/mol. The molecule has 0 amide bonds. The molecule has 0 aromatic rings. The Morgan fingerprint density at radius 3 is 2.42 bits per heavy atom. The van der Waals surface area contributed by atoms with Crippen LogP contribution in [0.5, 0.6) is 0 Å². The lowest BCUT2D eigenvalue weighted by molar-refractivity contribution is 0.206. The van der Waals surface area contributed by atoms with Crippen molar-refractivity contribution < 1.29 is 9.47 Å². The molecule has 0 fully saturated rings. The molecule has 0 aromatic heterocycles. The second-order valence-electron chi connectivity index (χ2n) is 2.07. The van der Waals surface area contributed by atoms with Gasteiger partial charge >= 0.3 is 0 Å². The Kier molecular flexibility index (Phi) is 5.88. The average Bonchev–Trinajstić information content (AvgIpc) is 2.11. The fourth-order valence-corrected chi connectivity index (χ4v) is 0.788. The van der Waals surface area contributed by atoms with Gasteiger partial charge < -0.3 is 9.47 Å². The standard InChI is InChI=1S/C10H16O2/c1-5-8-10(11-4)9(6-2)12-7-3/h5-6,8H,2,7H2,1,3-4H3/b8-5-,10-9-. The van der Waals surface area contributed by atoms with Gasteiger partial charge in [-0.2, -0.15) is 0 Å². The summed E-state index contributed by atoms with van der Waals surface area (Å²) in [6.07, 6.45) is 5.37. The predicted octanol–water partition coefficient (Wildman–Crippen LogP) is 2.64. The highest BCUT2D eigenvalue weighted by atomic mass is 16.5. The van der Waals surface area contributed by atoms with E-state index in [1.807, 2.05) is 26.0 Å². The molecule has 0 radical (unpaired) electrons. The van der Waals surface area contributed by atoms with Crippen molar-refractivity contribution >= 4 is 0 Å². The molecule has 12 heavy (non-hydrogen) atoms. The van der Waals surface area contributed by atoms with Crippen molar-refractivity contribution in [3.05, 3.63) is 36.3 Å². The average molecular weight is 168 g/mol. The maximum absolute atomic E-state index is 5.28. The smallest absolute Gasteiger partial charge is 0.160 e. The van der Waals surface area contributed by atoms with Crippen LogP contribution in [0.4, 0.5) is 0 Å². The Morgan fingerprint density at radius 1 is 1.42 bits per heavy atom. The van der Waals surface area contributed by atoms with E-state index in [1.54, 1.807) is 13.2 Å². The summed E-state index contributed by atoms with van der Waals surface area (Å²) in [5.74, 6) is 1.38. The van der Waals surface area contributed by atoms with Gasteiger partial charge in [-0.05, 0) is 26.0 Å². The lowest BCUT2D eigenvalue weighted by atomic mass is 10.3. The molecule has 0 unspecified atom stereocenters. The molecule has 0 rings (SSSR count). The van der Waals surface area contributed by atoms with Crippen LogP contribution < -0.4 is 0 Å². The number of rotatable bonds is 5. The van der Waals surface area contributed by atoms with Crippen molar-refractivity contribution in [1.29, 1.82) is 0 Å². The van der Waals surface area contributed by atoms with E-state index in [-0.39, 0.29) is 0 Å². The second kappa shape index (κ2) is 6.53. The van der Waals surface area contributed by atoms with Gasteiger partial charge in [0.15, 0.2) is 11.5 Å². The Balaban J connectivity index is 4.60. The summed E-state index contributed by atoms with van der Waals surface area (Å²) >= 11 is 0. The largest absolute Gasteiger partial charge is 0.493 e. The molecule has 2 nitrogen and oxygen atoms in total. The molecule has 0 aromatic carbocycles. The summed E-state index contributed by atoms with van der Waals surface area (Å²) in [4.78, 5) is 0. The molecular formula is C10H16O2. The molecule has 0 heterocycles. The van der Waals surface area contributed by atoms with Gasteiger partial charge in [-0.15, -0.1) is 0 Å². The minimum absolute atomic E-state index is 0.617. The number of ether oxygens (including phenoxy) is 2. The van der Waals surface area contributed by atoms with Crippen molar-refractivity contribution in [2.75, 3.05) is 13.7 Å². The lowest BCUT2D eigenvalue weighted by Gasteiger charge is -2.07. The summed E-state index contributed by atoms with van der Waals surface area (Å²) in [7, 11) is 1.61. The van der Waals surface area contributed by atoms with Crippen LogP contribution in [0.1, 0.15) is 13.8 Å². The highest BCUT2D eigenvalue weighted by Gasteiger charge is 1.99. The van der Waals surface area contributed by atoms with E-state index in [4.69, 9.17) is 9.47 Å². The molecular weight excluding hydrogens is 152 g/mol. The van der Waals surface area contributed by atoms with E-state index in [9.17, 15) is 0 Å². The summed E-state index contributed by atoms with van der Waals surface area (Å²) < 4.78 is 10.4. The van der Waals surface area contributed by atoms with Gasteiger partial charge in [0.05, 0.1) is 13.7 Å². The Hall–Kier alpha value is -1.18. The van der Waals surface area contributed by atoms with Crippen molar-refractivity contribution in [2.24, 2.45) is 0 Å². The number of hydrogen-bond donors (Lipinski definition) is 0. The third-order valence-corrected chi connectivity index (χ3v) is 1.27. The van der Waals surface area contributed by atoms with Crippen molar-refractivity contribution in [1.82, 2.24) is 0 Å². The van der Waals surface area contributed by atoms with Crippen LogP contribution >= 0.6 is 0 Å². The molecule has 0 aliphatic carbocycles. The van der Waals surface area contributed by atoms with Crippen molar-refractivity contribution in [3.63, 3.8) is 0 Å². The fourth-order valence-electron chi connectivity index (χ4n) is 0.788. The zero-order chi connectivity index (χ0) is 9.40. The molecule has 0 aliphatic rings. The first-order valence-electron chi connectivity index (χ1n) is 3.96. The molecule has 0 N–H and O–H groups in total. The number of hydrogen-bond acceptors (Lipinski definition) is 2. The molecule has 0 atom stereocenters. The first-order valence-corrected chi connectivity index (χ1v) is 3.96. The minimum Gasteiger partial charge on any atom is -0.493 e. The summed E-state index contributed by atoms with van der Waals surface area (Å²) in [5.41, 5.74) is 0. The lowest BCUT2D eigenvalue weighted by Crippen LogP contribution is -1.94. The zero-order valence-electron chi connectivity index (χ0n) is 7.96. The molecule has 0 bridgehead atoms. The SMILES string of the molecule is C=C/C(OCC)=C(\C=C/C)OC. The van der Waals surface area contributed by atoms with Crippen LogP contribution in [-0.2, 0) is 9.47 Å². The number of methoxy groups -OCH3 is 1. The van der Waals surface area contributed by atoms with Gasteiger partial charge in [-0.25, -0.2) is 0 Å². The van der Waals surface area contributed by atoms with Crippen molar-refractivity contribution in [2.45, 2.75) is 13.8 Å². The van der Waals surface area contributed by atoms with E-state index in [2.05, 4.69) is 6.58 Å². The van der Waals surface area contributed by atoms with Crippen LogP contribution in [-0.4, -0.2) is 13.7 Å². The summed E-state index contributed by atoms with van der Waals surface area (Å²) in [6, 6.07) is 0. The maximum Gasteiger partial charge on any atom is 0.160 e.